The van der Waals surface area contributed by atoms with Crippen molar-refractivity contribution in [2.45, 2.75) is 51.0 Å². The van der Waals surface area contributed by atoms with Crippen LogP contribution >= 0.6 is 15.9 Å². The number of fused-ring (bicyclic) bond motifs is 2. The quantitative estimate of drug-likeness (QED) is 0.502. The first kappa shape index (κ1) is 24.2. The van der Waals surface area contributed by atoms with Gasteiger partial charge < -0.3 is 9.47 Å². The minimum absolute atomic E-state index is 0.118. The molecule has 4 rings (SSSR count). The molecule has 178 valence electrons. The van der Waals surface area contributed by atoms with Crippen LogP contribution < -0.4 is 4.74 Å². The summed E-state index contributed by atoms with van der Waals surface area (Å²) in [5, 5.41) is 0. The van der Waals surface area contributed by atoms with Crippen LogP contribution in [0.2, 0.25) is 0 Å². The van der Waals surface area contributed by atoms with E-state index in [4.69, 9.17) is 9.47 Å². The molecule has 1 saturated heterocycles. The Morgan fingerprint density at radius 2 is 1.94 bits per heavy atom. The van der Waals surface area contributed by atoms with Crippen LogP contribution in [0.15, 0.2) is 40.9 Å². The molecule has 0 aromatic heterocycles. The second-order valence-corrected chi connectivity index (χ2v) is 11.9. The number of nitrogens with zero attached hydrogens (tertiary/aromatic N) is 1. The van der Waals surface area contributed by atoms with Crippen LogP contribution in [0.5, 0.6) is 5.75 Å². The molecular formula is C25H30BrNO5S. The number of carbonyl (C=O) groups is 1. The second-order valence-electron chi connectivity index (χ2n) is 9.02. The van der Waals surface area contributed by atoms with E-state index in [1.807, 2.05) is 31.2 Å². The molecule has 2 aromatic rings. The van der Waals surface area contributed by atoms with Gasteiger partial charge in [0.1, 0.15) is 11.9 Å². The number of rotatable bonds is 6. The largest absolute Gasteiger partial charge is 0.485 e. The van der Waals surface area contributed by atoms with Gasteiger partial charge in [0.15, 0.2) is 0 Å². The summed E-state index contributed by atoms with van der Waals surface area (Å²) in [7, 11) is -3.19. The summed E-state index contributed by atoms with van der Waals surface area (Å²) < 4.78 is 38.4. The van der Waals surface area contributed by atoms with E-state index in [0.29, 0.717) is 25.4 Å². The summed E-state index contributed by atoms with van der Waals surface area (Å²) in [6.07, 6.45) is 3.58. The average Bonchev–Trinajstić information content (AvgIpc) is 3.02. The Kier molecular flexibility index (Phi) is 6.90. The van der Waals surface area contributed by atoms with Crippen molar-refractivity contribution in [2.75, 3.05) is 26.0 Å². The number of aryl methyl sites for hydroxylation is 1. The predicted octanol–water partition coefficient (Wildman–Crippen LogP) is 4.68. The van der Waals surface area contributed by atoms with Gasteiger partial charge in [-0.25, -0.2) is 12.7 Å². The number of halogens is 1. The van der Waals surface area contributed by atoms with Gasteiger partial charge in [0, 0.05) is 28.5 Å². The first-order valence-electron chi connectivity index (χ1n) is 11.3. The highest BCUT2D eigenvalue weighted by Gasteiger charge is 2.47. The highest BCUT2D eigenvalue weighted by atomic mass is 79.9. The molecule has 1 aliphatic heterocycles. The summed E-state index contributed by atoms with van der Waals surface area (Å²) in [5.41, 5.74) is 4.08. The fourth-order valence-electron chi connectivity index (χ4n) is 5.20. The lowest BCUT2D eigenvalue weighted by Crippen LogP contribution is -2.44. The number of esters is 1. The zero-order chi connectivity index (χ0) is 23.8. The normalized spacial score (nSPS) is 19.9. The average molecular weight is 536 g/mol. The number of hydrogen-bond donors (Lipinski definition) is 0. The van der Waals surface area contributed by atoms with Gasteiger partial charge in [-0.15, -0.1) is 0 Å². The Morgan fingerprint density at radius 3 is 2.61 bits per heavy atom. The van der Waals surface area contributed by atoms with Crippen molar-refractivity contribution < 1.29 is 22.7 Å². The van der Waals surface area contributed by atoms with Crippen LogP contribution in [-0.4, -0.2) is 44.6 Å². The van der Waals surface area contributed by atoms with Crippen molar-refractivity contribution in [1.29, 1.82) is 0 Å². The molecule has 1 atom stereocenters. The molecule has 33 heavy (non-hydrogen) atoms. The van der Waals surface area contributed by atoms with Crippen LogP contribution in [0.3, 0.4) is 0 Å². The minimum atomic E-state index is -3.19. The van der Waals surface area contributed by atoms with E-state index in [-0.39, 0.29) is 23.9 Å². The summed E-state index contributed by atoms with van der Waals surface area (Å²) in [6, 6.07) is 12.1. The molecule has 1 fully saturated rings. The number of sulfonamides is 1. The monoisotopic (exact) mass is 535 g/mol. The van der Waals surface area contributed by atoms with Gasteiger partial charge in [0.2, 0.25) is 10.0 Å². The van der Waals surface area contributed by atoms with Crippen molar-refractivity contribution in [2.24, 2.45) is 0 Å². The lowest BCUT2D eigenvalue weighted by Gasteiger charge is -2.39. The fourth-order valence-corrected chi connectivity index (χ4v) is 6.43. The highest BCUT2D eigenvalue weighted by Crippen LogP contribution is 2.53. The van der Waals surface area contributed by atoms with Crippen molar-refractivity contribution in [3.63, 3.8) is 0 Å². The predicted molar refractivity (Wildman–Crippen MR) is 131 cm³/mol. The zero-order valence-electron chi connectivity index (χ0n) is 19.3. The molecule has 0 N–H and O–H groups in total. The first-order valence-corrected chi connectivity index (χ1v) is 13.9. The molecule has 1 heterocycles. The standard InChI is InChI=1S/C25H30BrNO5S/c1-4-31-24(28)15-19-17(2)6-5-7-22(19)32-23-16-25(21-9-8-18(26)14-20(21)23)10-12-27(13-11-25)33(3,29)30/h5-9,14,23H,4,10-13,15-16H2,1-3H3. The molecule has 2 aromatic carbocycles. The number of ether oxygens (including phenoxy) is 2. The third-order valence-electron chi connectivity index (χ3n) is 6.92. The summed E-state index contributed by atoms with van der Waals surface area (Å²) in [5.74, 6) is 0.431. The van der Waals surface area contributed by atoms with Crippen molar-refractivity contribution >= 4 is 31.9 Å². The van der Waals surface area contributed by atoms with E-state index in [0.717, 1.165) is 40.4 Å². The molecule has 0 radical (unpaired) electrons. The lowest BCUT2D eigenvalue weighted by atomic mass is 9.74. The van der Waals surface area contributed by atoms with Gasteiger partial charge in [-0.2, -0.15) is 0 Å². The Balaban J connectivity index is 1.64. The number of hydrogen-bond acceptors (Lipinski definition) is 5. The SMILES string of the molecule is CCOC(=O)Cc1c(C)cccc1OC1CC2(CCN(S(C)(=O)=O)CC2)c2ccc(Br)cc21. The van der Waals surface area contributed by atoms with Gasteiger partial charge in [0.05, 0.1) is 19.3 Å². The summed E-state index contributed by atoms with van der Waals surface area (Å²) >= 11 is 3.60. The third kappa shape index (κ3) is 4.98. The maximum absolute atomic E-state index is 12.2. The molecule has 1 unspecified atom stereocenters. The van der Waals surface area contributed by atoms with E-state index in [2.05, 4.69) is 28.1 Å². The first-order chi connectivity index (χ1) is 15.6. The summed E-state index contributed by atoms with van der Waals surface area (Å²) in [4.78, 5) is 12.2. The van der Waals surface area contributed by atoms with Crippen LogP contribution in [0.25, 0.3) is 0 Å². The number of piperidine rings is 1. The van der Waals surface area contributed by atoms with E-state index in [1.165, 1.54) is 11.8 Å². The molecule has 1 spiro atoms. The Hall–Kier alpha value is -1.90. The minimum Gasteiger partial charge on any atom is -0.485 e. The zero-order valence-corrected chi connectivity index (χ0v) is 21.7. The molecule has 1 aliphatic carbocycles. The van der Waals surface area contributed by atoms with Crippen LogP contribution in [0.4, 0.5) is 0 Å². The third-order valence-corrected chi connectivity index (χ3v) is 8.72. The van der Waals surface area contributed by atoms with E-state index in [9.17, 15) is 13.2 Å². The van der Waals surface area contributed by atoms with Crippen LogP contribution in [-0.2, 0) is 31.4 Å². The van der Waals surface area contributed by atoms with Crippen molar-refractivity contribution in [1.82, 2.24) is 4.31 Å². The molecular weight excluding hydrogens is 506 g/mol. The Bertz CT molecular complexity index is 1160. The molecule has 2 aliphatic rings. The van der Waals surface area contributed by atoms with Crippen molar-refractivity contribution in [3.8, 4) is 5.75 Å². The number of carbonyl (C=O) groups excluding carboxylic acids is 1. The molecule has 0 saturated carbocycles. The molecule has 8 heteroatoms. The lowest BCUT2D eigenvalue weighted by molar-refractivity contribution is -0.142. The van der Waals surface area contributed by atoms with Gasteiger partial charge in [-0.05, 0) is 68.0 Å². The van der Waals surface area contributed by atoms with E-state index < -0.39 is 10.0 Å². The second kappa shape index (κ2) is 9.39. The van der Waals surface area contributed by atoms with Crippen LogP contribution in [0.1, 0.15) is 54.5 Å². The van der Waals surface area contributed by atoms with E-state index >= 15 is 0 Å². The smallest absolute Gasteiger partial charge is 0.310 e. The van der Waals surface area contributed by atoms with E-state index in [1.54, 1.807) is 11.2 Å². The van der Waals surface area contributed by atoms with Gasteiger partial charge in [0.25, 0.3) is 0 Å². The Morgan fingerprint density at radius 1 is 1.21 bits per heavy atom. The topological polar surface area (TPSA) is 72.9 Å². The Labute approximate surface area is 204 Å². The fraction of sp³-hybridized carbons (Fsp3) is 0.480. The van der Waals surface area contributed by atoms with Crippen LogP contribution in [0, 0.1) is 6.92 Å². The maximum Gasteiger partial charge on any atom is 0.310 e. The highest BCUT2D eigenvalue weighted by molar-refractivity contribution is 9.10. The molecule has 0 amide bonds. The van der Waals surface area contributed by atoms with Gasteiger partial charge in [-0.1, -0.05) is 34.1 Å². The maximum atomic E-state index is 12.2. The summed E-state index contributed by atoms with van der Waals surface area (Å²) in [6.45, 7) is 5.15. The molecule has 6 nitrogen and oxygen atoms in total. The molecule has 0 bridgehead atoms. The van der Waals surface area contributed by atoms with Crippen molar-refractivity contribution in [3.05, 3.63) is 63.1 Å². The number of benzene rings is 2. The van der Waals surface area contributed by atoms with Gasteiger partial charge >= 0.3 is 5.97 Å². The van der Waals surface area contributed by atoms with Gasteiger partial charge in [-0.3, -0.25) is 4.79 Å².